The van der Waals surface area contributed by atoms with E-state index in [1.807, 2.05) is 46.4 Å². The second-order valence-corrected chi connectivity index (χ2v) is 9.44. The van der Waals surface area contributed by atoms with Crippen LogP contribution in [0.3, 0.4) is 0 Å². The van der Waals surface area contributed by atoms with Gasteiger partial charge in [0.25, 0.3) is 0 Å². The number of likely N-dealkylation sites (tertiary alicyclic amines) is 1. The minimum atomic E-state index is -0.465. The number of piperidine rings is 1. The van der Waals surface area contributed by atoms with Gasteiger partial charge in [-0.3, -0.25) is 4.99 Å². The van der Waals surface area contributed by atoms with Gasteiger partial charge in [-0.2, -0.15) is 0 Å². The Kier molecular flexibility index (Phi) is 12.5. The zero-order valence-corrected chi connectivity index (χ0v) is 21.8. The lowest BCUT2D eigenvalue weighted by atomic mass is 9.95. The maximum absolute atomic E-state index is 12.4. The molecule has 1 amide bonds. The number of rotatable bonds is 7. The number of aliphatic imine (C=N–C) groups is 1. The van der Waals surface area contributed by atoms with Gasteiger partial charge in [-0.25, -0.2) is 4.79 Å². The van der Waals surface area contributed by atoms with Gasteiger partial charge in [0.05, 0.1) is 6.54 Å². The largest absolute Gasteiger partial charge is 0.444 e. The molecule has 0 aromatic carbocycles. The van der Waals surface area contributed by atoms with Crippen molar-refractivity contribution in [3.63, 3.8) is 0 Å². The first-order valence-electron chi connectivity index (χ1n) is 10.6. The number of halogens is 1. The van der Waals surface area contributed by atoms with Crippen molar-refractivity contribution >= 4 is 36.0 Å². The standard InChI is InChI=1S/C21H42N4O3.HI/c1-8-22-18(23-15-21(6,7)16-26)25-12-10-17(11-13-25)14-24(9-2)19(27)28-20(3,4)5;/h17,26H,8-16H2,1-7H3,(H,22,23);1H. The maximum Gasteiger partial charge on any atom is 0.410 e. The number of nitrogens with one attached hydrogen (secondary N) is 1. The maximum atomic E-state index is 12.4. The van der Waals surface area contributed by atoms with Crippen LogP contribution in [0.1, 0.15) is 61.3 Å². The summed E-state index contributed by atoms with van der Waals surface area (Å²) in [5, 5.41) is 12.8. The van der Waals surface area contributed by atoms with Crippen LogP contribution in [0.25, 0.3) is 0 Å². The third-order valence-corrected chi connectivity index (χ3v) is 4.85. The Bertz CT molecular complexity index is 513. The lowest BCUT2D eigenvalue weighted by Crippen LogP contribution is -2.48. The molecule has 0 unspecified atom stereocenters. The molecule has 1 aliphatic heterocycles. The van der Waals surface area contributed by atoms with Crippen molar-refractivity contribution in [3.05, 3.63) is 0 Å². The Labute approximate surface area is 194 Å². The van der Waals surface area contributed by atoms with Gasteiger partial charge in [-0.1, -0.05) is 13.8 Å². The predicted molar refractivity (Wildman–Crippen MR) is 130 cm³/mol. The van der Waals surface area contributed by atoms with Gasteiger partial charge in [-0.05, 0) is 53.4 Å². The molecule has 7 nitrogen and oxygen atoms in total. The molecule has 0 bridgehead atoms. The minimum absolute atomic E-state index is 0. The fourth-order valence-electron chi connectivity index (χ4n) is 3.06. The van der Waals surface area contributed by atoms with Crippen molar-refractivity contribution in [2.45, 2.75) is 66.9 Å². The minimum Gasteiger partial charge on any atom is -0.444 e. The third kappa shape index (κ3) is 10.7. The van der Waals surface area contributed by atoms with Gasteiger partial charge >= 0.3 is 6.09 Å². The molecule has 0 saturated carbocycles. The average Bonchev–Trinajstić information content (AvgIpc) is 2.62. The van der Waals surface area contributed by atoms with Crippen LogP contribution in [-0.2, 0) is 4.74 Å². The summed E-state index contributed by atoms with van der Waals surface area (Å²) in [5.74, 6) is 1.39. The summed E-state index contributed by atoms with van der Waals surface area (Å²) < 4.78 is 5.53. The van der Waals surface area contributed by atoms with Crippen LogP contribution in [-0.4, -0.2) is 78.4 Å². The van der Waals surface area contributed by atoms with Crippen molar-refractivity contribution in [1.29, 1.82) is 0 Å². The van der Waals surface area contributed by atoms with E-state index in [4.69, 9.17) is 9.73 Å². The molecule has 1 heterocycles. The van der Waals surface area contributed by atoms with Crippen LogP contribution in [0.15, 0.2) is 4.99 Å². The summed E-state index contributed by atoms with van der Waals surface area (Å²) in [4.78, 5) is 21.2. The predicted octanol–water partition coefficient (Wildman–Crippen LogP) is 3.56. The fraction of sp³-hybridized carbons (Fsp3) is 0.905. The molecule has 0 radical (unpaired) electrons. The summed E-state index contributed by atoms with van der Waals surface area (Å²) in [6.07, 6.45) is 1.82. The van der Waals surface area contributed by atoms with E-state index in [-0.39, 0.29) is 42.1 Å². The number of carbonyl (C=O) groups is 1. The average molecular weight is 527 g/mol. The smallest absolute Gasteiger partial charge is 0.410 e. The molecule has 172 valence electrons. The van der Waals surface area contributed by atoms with E-state index in [9.17, 15) is 9.90 Å². The number of amides is 1. The highest BCUT2D eigenvalue weighted by Crippen LogP contribution is 2.21. The van der Waals surface area contributed by atoms with Crippen LogP contribution in [0.2, 0.25) is 0 Å². The van der Waals surface area contributed by atoms with E-state index in [0.29, 0.717) is 19.0 Å². The lowest BCUT2D eigenvalue weighted by molar-refractivity contribution is 0.0214. The van der Waals surface area contributed by atoms with E-state index < -0.39 is 5.60 Å². The molecular formula is C21H43IN4O3. The van der Waals surface area contributed by atoms with Gasteiger partial charge in [0.15, 0.2) is 5.96 Å². The summed E-state index contributed by atoms with van der Waals surface area (Å²) >= 11 is 0. The molecule has 1 rings (SSSR count). The summed E-state index contributed by atoms with van der Waals surface area (Å²) in [7, 11) is 0. The number of ether oxygens (including phenoxy) is 1. The summed E-state index contributed by atoms with van der Waals surface area (Å²) in [6, 6.07) is 0. The highest BCUT2D eigenvalue weighted by molar-refractivity contribution is 14.0. The van der Waals surface area contributed by atoms with Crippen LogP contribution in [0.4, 0.5) is 4.79 Å². The van der Waals surface area contributed by atoms with Crippen molar-refractivity contribution < 1.29 is 14.6 Å². The summed E-state index contributed by atoms with van der Waals surface area (Å²) in [6.45, 7) is 18.6. The van der Waals surface area contributed by atoms with Crippen LogP contribution in [0, 0.1) is 11.3 Å². The van der Waals surface area contributed by atoms with Crippen molar-refractivity contribution in [1.82, 2.24) is 15.1 Å². The third-order valence-electron chi connectivity index (χ3n) is 4.85. The molecule has 29 heavy (non-hydrogen) atoms. The highest BCUT2D eigenvalue weighted by Gasteiger charge is 2.27. The molecular weight excluding hydrogens is 483 g/mol. The summed E-state index contributed by atoms with van der Waals surface area (Å²) in [5.41, 5.74) is -0.679. The molecule has 8 heteroatoms. The molecule has 0 atom stereocenters. The SMILES string of the molecule is CCNC(=NCC(C)(C)CO)N1CCC(CN(CC)C(=O)OC(C)(C)C)CC1.I. The Morgan fingerprint density at radius 3 is 2.24 bits per heavy atom. The Balaban J connectivity index is 0.00000784. The molecule has 1 fully saturated rings. The normalized spacial score (nSPS) is 16.3. The van der Waals surface area contributed by atoms with Crippen molar-refractivity contribution in [2.75, 3.05) is 45.9 Å². The Hall–Kier alpha value is -0.770. The van der Waals surface area contributed by atoms with E-state index in [2.05, 4.69) is 17.1 Å². The zero-order chi connectivity index (χ0) is 21.4. The van der Waals surface area contributed by atoms with E-state index in [1.54, 1.807) is 0 Å². The van der Waals surface area contributed by atoms with Gasteiger partial charge in [0.2, 0.25) is 0 Å². The molecule has 0 aromatic heterocycles. The highest BCUT2D eigenvalue weighted by atomic mass is 127. The number of nitrogens with zero attached hydrogens (tertiary/aromatic N) is 3. The van der Waals surface area contributed by atoms with Gasteiger partial charge in [0.1, 0.15) is 5.60 Å². The lowest BCUT2D eigenvalue weighted by Gasteiger charge is -2.37. The van der Waals surface area contributed by atoms with Crippen molar-refractivity contribution in [2.24, 2.45) is 16.3 Å². The fourth-order valence-corrected chi connectivity index (χ4v) is 3.06. The quantitative estimate of drug-likeness (QED) is 0.302. The number of aliphatic hydroxyl groups is 1. The number of carbonyl (C=O) groups excluding carboxylic acids is 1. The van der Waals surface area contributed by atoms with Crippen LogP contribution < -0.4 is 5.32 Å². The van der Waals surface area contributed by atoms with E-state index in [1.165, 1.54) is 0 Å². The number of hydrogen-bond acceptors (Lipinski definition) is 4. The molecule has 0 aliphatic carbocycles. The van der Waals surface area contributed by atoms with Gasteiger partial charge < -0.3 is 25.0 Å². The van der Waals surface area contributed by atoms with Gasteiger partial charge in [0, 0.05) is 44.7 Å². The molecule has 0 spiro atoms. The van der Waals surface area contributed by atoms with E-state index in [0.717, 1.165) is 45.0 Å². The molecule has 0 aromatic rings. The number of aliphatic hydroxyl groups excluding tert-OH is 1. The second kappa shape index (κ2) is 12.8. The Morgan fingerprint density at radius 1 is 1.21 bits per heavy atom. The Morgan fingerprint density at radius 2 is 1.79 bits per heavy atom. The molecule has 2 N–H and O–H groups in total. The number of guanidine groups is 1. The molecule has 1 aliphatic rings. The van der Waals surface area contributed by atoms with Gasteiger partial charge in [-0.15, -0.1) is 24.0 Å². The first-order valence-corrected chi connectivity index (χ1v) is 10.6. The van der Waals surface area contributed by atoms with Crippen molar-refractivity contribution in [3.8, 4) is 0 Å². The first kappa shape index (κ1) is 28.2. The second-order valence-electron chi connectivity index (χ2n) is 9.44. The van der Waals surface area contributed by atoms with Crippen LogP contribution in [0.5, 0.6) is 0 Å². The number of hydrogen-bond donors (Lipinski definition) is 2. The topological polar surface area (TPSA) is 77.4 Å². The van der Waals surface area contributed by atoms with Crippen LogP contribution >= 0.6 is 24.0 Å². The van der Waals surface area contributed by atoms with E-state index >= 15 is 0 Å². The monoisotopic (exact) mass is 526 g/mol. The zero-order valence-electron chi connectivity index (χ0n) is 19.5. The molecule has 1 saturated heterocycles. The first-order chi connectivity index (χ1) is 13.0.